The molecule has 4 heterocycles. The van der Waals surface area contributed by atoms with E-state index < -0.39 is 0 Å². The lowest BCUT2D eigenvalue weighted by Gasteiger charge is -2.28. The van der Waals surface area contributed by atoms with Crippen LogP contribution in [-0.2, 0) is 19.5 Å². The van der Waals surface area contributed by atoms with Gasteiger partial charge in [0.1, 0.15) is 5.69 Å². The number of aromatic amines is 1. The van der Waals surface area contributed by atoms with Crippen LogP contribution in [0.1, 0.15) is 16.8 Å². The van der Waals surface area contributed by atoms with Gasteiger partial charge in [0, 0.05) is 49.2 Å². The van der Waals surface area contributed by atoms with Crippen molar-refractivity contribution in [1.82, 2.24) is 24.8 Å². The molecule has 0 radical (unpaired) electrons. The Balaban J connectivity index is 1.46. The summed E-state index contributed by atoms with van der Waals surface area (Å²) in [5, 5.41) is 2.36. The summed E-state index contributed by atoms with van der Waals surface area (Å²) < 4.78 is 0. The molecule has 6 nitrogen and oxygen atoms in total. The number of pyridine rings is 2. The van der Waals surface area contributed by atoms with Crippen LogP contribution < -0.4 is 5.56 Å². The van der Waals surface area contributed by atoms with Crippen molar-refractivity contribution in [2.24, 2.45) is 0 Å². The van der Waals surface area contributed by atoms with Crippen LogP contribution in [-0.4, -0.2) is 31.4 Å². The minimum atomic E-state index is -0.0541. The fourth-order valence-corrected chi connectivity index (χ4v) is 3.82. The number of aromatic nitrogens is 4. The maximum absolute atomic E-state index is 12.5. The van der Waals surface area contributed by atoms with E-state index in [1.165, 1.54) is 10.9 Å². The van der Waals surface area contributed by atoms with Gasteiger partial charge in [-0.3, -0.25) is 19.7 Å². The van der Waals surface area contributed by atoms with E-state index in [1.807, 2.05) is 30.6 Å². The quantitative estimate of drug-likeness (QED) is 0.601. The highest BCUT2D eigenvalue weighted by molar-refractivity contribution is 5.84. The molecule has 3 aromatic heterocycles. The smallest absolute Gasteiger partial charge is 0.254 e. The summed E-state index contributed by atoms with van der Waals surface area (Å²) >= 11 is 0. The summed E-state index contributed by atoms with van der Waals surface area (Å²) in [6.45, 7) is 2.30. The van der Waals surface area contributed by atoms with E-state index in [-0.39, 0.29) is 5.56 Å². The van der Waals surface area contributed by atoms with Crippen LogP contribution >= 0.6 is 0 Å². The molecule has 5 rings (SSSR count). The monoisotopic (exact) mass is 369 g/mol. The van der Waals surface area contributed by atoms with E-state index in [4.69, 9.17) is 4.98 Å². The lowest BCUT2D eigenvalue weighted by Crippen LogP contribution is -2.35. The Morgan fingerprint density at radius 2 is 2.04 bits per heavy atom. The molecule has 0 saturated heterocycles. The average molecular weight is 369 g/mol. The maximum Gasteiger partial charge on any atom is 0.254 e. The van der Waals surface area contributed by atoms with Gasteiger partial charge in [0.05, 0.1) is 5.69 Å². The molecule has 1 aliphatic heterocycles. The number of hydrogen-bond acceptors (Lipinski definition) is 5. The molecule has 138 valence electrons. The van der Waals surface area contributed by atoms with E-state index in [2.05, 4.69) is 44.1 Å². The van der Waals surface area contributed by atoms with Crippen LogP contribution in [0.3, 0.4) is 0 Å². The van der Waals surface area contributed by atoms with Crippen molar-refractivity contribution in [1.29, 1.82) is 0 Å². The van der Waals surface area contributed by atoms with Crippen molar-refractivity contribution in [2.75, 3.05) is 6.54 Å². The Labute approximate surface area is 161 Å². The van der Waals surface area contributed by atoms with Crippen molar-refractivity contribution in [3.8, 4) is 11.5 Å². The zero-order chi connectivity index (χ0) is 18.9. The van der Waals surface area contributed by atoms with Crippen molar-refractivity contribution in [3.05, 3.63) is 88.2 Å². The van der Waals surface area contributed by atoms with Gasteiger partial charge in [0.25, 0.3) is 5.56 Å². The third kappa shape index (κ3) is 3.08. The maximum atomic E-state index is 12.5. The minimum Gasteiger partial charge on any atom is -0.305 e. The van der Waals surface area contributed by atoms with Gasteiger partial charge in [-0.15, -0.1) is 0 Å². The first-order valence-electron chi connectivity index (χ1n) is 9.35. The van der Waals surface area contributed by atoms with Gasteiger partial charge in [-0.2, -0.15) is 0 Å². The molecule has 0 saturated carbocycles. The van der Waals surface area contributed by atoms with E-state index in [9.17, 15) is 4.79 Å². The third-order valence-electron chi connectivity index (χ3n) is 5.23. The molecule has 1 aliphatic rings. The van der Waals surface area contributed by atoms with Crippen LogP contribution in [0.15, 0.2) is 65.8 Å². The van der Waals surface area contributed by atoms with Crippen LogP contribution in [0.4, 0.5) is 0 Å². The Morgan fingerprint density at radius 3 is 2.93 bits per heavy atom. The first-order chi connectivity index (χ1) is 13.8. The molecule has 6 heteroatoms. The summed E-state index contributed by atoms with van der Waals surface area (Å²) in [7, 11) is 0. The van der Waals surface area contributed by atoms with Crippen LogP contribution in [0.25, 0.3) is 22.3 Å². The number of nitrogens with one attached hydrogen (secondary N) is 1. The second-order valence-corrected chi connectivity index (χ2v) is 7.03. The van der Waals surface area contributed by atoms with E-state index in [1.54, 1.807) is 6.20 Å². The van der Waals surface area contributed by atoms with Crippen molar-refractivity contribution >= 4 is 10.8 Å². The van der Waals surface area contributed by atoms with Crippen LogP contribution in [0.5, 0.6) is 0 Å². The molecule has 0 amide bonds. The van der Waals surface area contributed by atoms with Gasteiger partial charge in [0.15, 0.2) is 5.82 Å². The molecular weight excluding hydrogens is 350 g/mol. The number of benzene rings is 1. The Morgan fingerprint density at radius 1 is 1.07 bits per heavy atom. The molecule has 0 atom stereocenters. The average Bonchev–Trinajstić information content (AvgIpc) is 2.74. The second kappa shape index (κ2) is 6.98. The van der Waals surface area contributed by atoms with Crippen LogP contribution in [0, 0.1) is 0 Å². The largest absolute Gasteiger partial charge is 0.305 e. The predicted octanol–water partition coefficient (Wildman–Crippen LogP) is 2.94. The highest BCUT2D eigenvalue weighted by Crippen LogP contribution is 2.23. The number of fused-ring (bicyclic) bond motifs is 2. The molecule has 1 N–H and O–H groups in total. The van der Waals surface area contributed by atoms with Gasteiger partial charge in [-0.05, 0) is 35.6 Å². The van der Waals surface area contributed by atoms with Gasteiger partial charge in [-0.25, -0.2) is 4.98 Å². The fraction of sp³-hybridized carbons (Fsp3) is 0.182. The molecule has 28 heavy (non-hydrogen) atoms. The summed E-state index contributed by atoms with van der Waals surface area (Å²) in [5.74, 6) is 0.530. The standard InChI is InChI=1S/C22H19N5O/c28-22-18-8-11-27(13-16-5-3-4-15-12-23-10-7-17(15)16)14-20(18)25-21(26-22)19-6-1-2-9-24-19/h1-7,9-10,12H,8,11,13-14H2,(H,25,26,28). The third-order valence-corrected chi connectivity index (χ3v) is 5.23. The van der Waals surface area contributed by atoms with E-state index in [0.29, 0.717) is 24.5 Å². The zero-order valence-electron chi connectivity index (χ0n) is 15.3. The highest BCUT2D eigenvalue weighted by atomic mass is 16.1. The molecule has 1 aromatic carbocycles. The predicted molar refractivity (Wildman–Crippen MR) is 108 cm³/mol. The van der Waals surface area contributed by atoms with Gasteiger partial charge in [0.2, 0.25) is 0 Å². The first-order valence-corrected chi connectivity index (χ1v) is 9.35. The van der Waals surface area contributed by atoms with E-state index >= 15 is 0 Å². The number of hydrogen-bond donors (Lipinski definition) is 1. The number of nitrogens with zero attached hydrogens (tertiary/aromatic N) is 4. The normalized spacial score (nSPS) is 14.1. The molecule has 0 fully saturated rings. The Kier molecular flexibility index (Phi) is 4.18. The van der Waals surface area contributed by atoms with Gasteiger partial charge >= 0.3 is 0 Å². The lowest BCUT2D eigenvalue weighted by molar-refractivity contribution is 0.241. The number of rotatable bonds is 3. The number of H-pyrrole nitrogens is 1. The van der Waals surface area contributed by atoms with E-state index in [0.717, 1.165) is 29.7 Å². The lowest BCUT2D eigenvalue weighted by atomic mass is 10.0. The SMILES string of the molecule is O=c1[nH]c(-c2ccccn2)nc2c1CCN(Cc1cccc3cnccc13)C2. The molecular formula is C22H19N5O. The molecule has 0 aliphatic carbocycles. The summed E-state index contributed by atoms with van der Waals surface area (Å²) in [5.41, 5.74) is 3.52. The molecule has 0 bridgehead atoms. The summed E-state index contributed by atoms with van der Waals surface area (Å²) in [4.78, 5) is 31.0. The summed E-state index contributed by atoms with van der Waals surface area (Å²) in [6.07, 6.45) is 6.13. The highest BCUT2D eigenvalue weighted by Gasteiger charge is 2.22. The molecule has 0 unspecified atom stereocenters. The first kappa shape index (κ1) is 16.8. The van der Waals surface area contributed by atoms with Crippen molar-refractivity contribution < 1.29 is 0 Å². The van der Waals surface area contributed by atoms with Crippen LogP contribution in [0.2, 0.25) is 0 Å². The zero-order valence-corrected chi connectivity index (χ0v) is 15.3. The molecule has 4 aromatic rings. The summed E-state index contributed by atoms with van der Waals surface area (Å²) in [6, 6.07) is 14.0. The minimum absolute atomic E-state index is 0.0541. The Hall–Kier alpha value is -3.38. The molecule has 0 spiro atoms. The van der Waals surface area contributed by atoms with Gasteiger partial charge in [-0.1, -0.05) is 24.3 Å². The Bertz CT molecular complexity index is 1200. The fourth-order valence-electron chi connectivity index (χ4n) is 3.82. The topological polar surface area (TPSA) is 74.8 Å². The van der Waals surface area contributed by atoms with Gasteiger partial charge < -0.3 is 4.98 Å². The second-order valence-electron chi connectivity index (χ2n) is 7.03. The van der Waals surface area contributed by atoms with Crippen molar-refractivity contribution in [2.45, 2.75) is 19.5 Å². The van der Waals surface area contributed by atoms with Crippen molar-refractivity contribution in [3.63, 3.8) is 0 Å².